The summed E-state index contributed by atoms with van der Waals surface area (Å²) in [4.78, 5) is 25.2. The molecular formula is C13H23N3O2. The number of rotatable bonds is 3. The second kappa shape index (κ2) is 5.36. The molecule has 0 aromatic heterocycles. The molecule has 102 valence electrons. The standard InChI is InChI=1S/C13H23N3O2/c1-13(2)12(18)15-11(17)9-16(13)7-5-10-4-3-6-14-8-10/h10,14H,3-9H2,1-2H3,(H,15,17,18). The summed E-state index contributed by atoms with van der Waals surface area (Å²) in [6.07, 6.45) is 3.53. The van der Waals surface area contributed by atoms with Gasteiger partial charge in [0.2, 0.25) is 11.8 Å². The van der Waals surface area contributed by atoms with Crippen LogP contribution in [-0.2, 0) is 9.59 Å². The van der Waals surface area contributed by atoms with E-state index >= 15 is 0 Å². The van der Waals surface area contributed by atoms with Gasteiger partial charge in [-0.2, -0.15) is 0 Å². The van der Waals surface area contributed by atoms with Gasteiger partial charge in [-0.3, -0.25) is 19.8 Å². The zero-order chi connectivity index (χ0) is 13.2. The predicted octanol–water partition coefficient (Wildman–Crippen LogP) is 0.113. The van der Waals surface area contributed by atoms with Crippen molar-refractivity contribution < 1.29 is 9.59 Å². The van der Waals surface area contributed by atoms with E-state index in [1.807, 2.05) is 18.7 Å². The summed E-state index contributed by atoms with van der Waals surface area (Å²) in [6.45, 7) is 7.10. The van der Waals surface area contributed by atoms with Gasteiger partial charge in [0.1, 0.15) is 0 Å². The van der Waals surface area contributed by atoms with Crippen LogP contribution in [0.3, 0.4) is 0 Å². The van der Waals surface area contributed by atoms with Crippen molar-refractivity contribution >= 4 is 11.8 Å². The lowest BCUT2D eigenvalue weighted by atomic mass is 9.93. The Kier molecular flexibility index (Phi) is 4.02. The van der Waals surface area contributed by atoms with E-state index in [-0.39, 0.29) is 11.8 Å². The van der Waals surface area contributed by atoms with Gasteiger partial charge in [-0.25, -0.2) is 0 Å². The van der Waals surface area contributed by atoms with Gasteiger partial charge in [-0.1, -0.05) is 0 Å². The molecule has 5 heteroatoms. The summed E-state index contributed by atoms with van der Waals surface area (Å²) in [6, 6.07) is 0. The molecule has 0 radical (unpaired) electrons. The van der Waals surface area contributed by atoms with Crippen molar-refractivity contribution in [2.45, 2.75) is 38.6 Å². The molecule has 2 rings (SSSR count). The van der Waals surface area contributed by atoms with Crippen molar-refractivity contribution in [3.05, 3.63) is 0 Å². The van der Waals surface area contributed by atoms with Crippen molar-refractivity contribution in [2.24, 2.45) is 5.92 Å². The fourth-order valence-corrected chi connectivity index (χ4v) is 2.70. The Morgan fingerprint density at radius 2 is 2.17 bits per heavy atom. The molecule has 2 amide bonds. The number of imide groups is 1. The average Bonchev–Trinajstić information content (AvgIpc) is 2.34. The highest BCUT2D eigenvalue weighted by molar-refractivity contribution is 6.02. The van der Waals surface area contributed by atoms with Gasteiger partial charge in [0.15, 0.2) is 0 Å². The van der Waals surface area contributed by atoms with Gasteiger partial charge < -0.3 is 5.32 Å². The number of piperidine rings is 1. The Bertz CT molecular complexity index is 335. The first-order chi connectivity index (χ1) is 8.50. The Labute approximate surface area is 108 Å². The molecule has 18 heavy (non-hydrogen) atoms. The van der Waals surface area contributed by atoms with Crippen LogP contribution in [0, 0.1) is 5.92 Å². The maximum Gasteiger partial charge on any atom is 0.246 e. The molecule has 0 spiro atoms. The smallest absolute Gasteiger partial charge is 0.246 e. The molecular weight excluding hydrogens is 230 g/mol. The number of hydrogen-bond donors (Lipinski definition) is 2. The van der Waals surface area contributed by atoms with E-state index in [2.05, 4.69) is 10.6 Å². The van der Waals surface area contributed by atoms with E-state index in [9.17, 15) is 9.59 Å². The summed E-state index contributed by atoms with van der Waals surface area (Å²) in [5, 5.41) is 5.80. The van der Waals surface area contributed by atoms with E-state index in [1.165, 1.54) is 12.8 Å². The van der Waals surface area contributed by atoms with Gasteiger partial charge in [0, 0.05) is 6.54 Å². The minimum atomic E-state index is -0.573. The third-order valence-corrected chi connectivity index (χ3v) is 4.14. The van der Waals surface area contributed by atoms with Crippen LogP contribution < -0.4 is 10.6 Å². The number of piperazine rings is 1. The van der Waals surface area contributed by atoms with Crippen LogP contribution in [0.5, 0.6) is 0 Å². The maximum absolute atomic E-state index is 11.8. The number of amides is 2. The highest BCUT2D eigenvalue weighted by Crippen LogP contribution is 2.21. The molecule has 0 bridgehead atoms. The van der Waals surface area contributed by atoms with Crippen LogP contribution in [0.2, 0.25) is 0 Å². The normalized spacial score (nSPS) is 29.1. The minimum absolute atomic E-state index is 0.180. The number of nitrogens with zero attached hydrogens (tertiary/aromatic N) is 1. The average molecular weight is 253 g/mol. The molecule has 1 atom stereocenters. The fourth-order valence-electron chi connectivity index (χ4n) is 2.70. The second-order valence-corrected chi connectivity index (χ2v) is 5.86. The lowest BCUT2D eigenvalue weighted by Gasteiger charge is -2.40. The molecule has 1 unspecified atom stereocenters. The fraction of sp³-hybridized carbons (Fsp3) is 0.846. The van der Waals surface area contributed by atoms with Crippen LogP contribution in [0.25, 0.3) is 0 Å². The van der Waals surface area contributed by atoms with Gasteiger partial charge in [-0.05, 0) is 52.1 Å². The molecule has 2 fully saturated rings. The third kappa shape index (κ3) is 2.90. The second-order valence-electron chi connectivity index (χ2n) is 5.86. The monoisotopic (exact) mass is 253 g/mol. The topological polar surface area (TPSA) is 61.4 Å². The molecule has 0 aromatic rings. The summed E-state index contributed by atoms with van der Waals surface area (Å²) in [5.74, 6) is 0.316. The Hall–Kier alpha value is -0.940. The van der Waals surface area contributed by atoms with Crippen molar-refractivity contribution in [2.75, 3.05) is 26.2 Å². The highest BCUT2D eigenvalue weighted by Gasteiger charge is 2.40. The van der Waals surface area contributed by atoms with Crippen LogP contribution in [0.1, 0.15) is 33.1 Å². The first-order valence-electron chi connectivity index (χ1n) is 6.80. The van der Waals surface area contributed by atoms with Crippen molar-refractivity contribution in [3.8, 4) is 0 Å². The molecule has 0 saturated carbocycles. The van der Waals surface area contributed by atoms with Crippen molar-refractivity contribution in [3.63, 3.8) is 0 Å². The van der Waals surface area contributed by atoms with Gasteiger partial charge >= 0.3 is 0 Å². The highest BCUT2D eigenvalue weighted by atomic mass is 16.2. The third-order valence-electron chi connectivity index (χ3n) is 4.14. The number of hydrogen-bond acceptors (Lipinski definition) is 4. The summed E-state index contributed by atoms with van der Waals surface area (Å²) in [5.41, 5.74) is -0.573. The predicted molar refractivity (Wildman–Crippen MR) is 69.0 cm³/mol. The van der Waals surface area contributed by atoms with Gasteiger partial charge in [0.25, 0.3) is 0 Å². The first kappa shape index (κ1) is 13.5. The molecule has 0 aliphatic carbocycles. The molecule has 2 aliphatic rings. The molecule has 0 aromatic carbocycles. The Morgan fingerprint density at radius 3 is 2.83 bits per heavy atom. The first-order valence-corrected chi connectivity index (χ1v) is 6.80. The molecule has 2 N–H and O–H groups in total. The van der Waals surface area contributed by atoms with Crippen LogP contribution in [-0.4, -0.2) is 48.4 Å². The zero-order valence-corrected chi connectivity index (χ0v) is 11.3. The SMILES string of the molecule is CC1(C)C(=O)NC(=O)CN1CCC1CCCNC1. The van der Waals surface area contributed by atoms with Crippen LogP contribution in [0.4, 0.5) is 0 Å². The van der Waals surface area contributed by atoms with Gasteiger partial charge in [-0.15, -0.1) is 0 Å². The number of nitrogens with one attached hydrogen (secondary N) is 2. The summed E-state index contributed by atoms with van der Waals surface area (Å²) in [7, 11) is 0. The molecule has 2 heterocycles. The van der Waals surface area contributed by atoms with E-state index in [0.29, 0.717) is 12.5 Å². The summed E-state index contributed by atoms with van der Waals surface area (Å²) >= 11 is 0. The quantitative estimate of drug-likeness (QED) is 0.701. The van der Waals surface area contributed by atoms with E-state index < -0.39 is 5.54 Å². The number of carbonyl (C=O) groups excluding carboxylic acids is 2. The lowest BCUT2D eigenvalue weighted by Crippen LogP contribution is -2.64. The molecule has 2 saturated heterocycles. The van der Waals surface area contributed by atoms with Crippen molar-refractivity contribution in [1.82, 2.24) is 15.5 Å². The van der Waals surface area contributed by atoms with E-state index in [1.54, 1.807) is 0 Å². The minimum Gasteiger partial charge on any atom is -0.316 e. The maximum atomic E-state index is 11.8. The van der Waals surface area contributed by atoms with Crippen LogP contribution in [0.15, 0.2) is 0 Å². The number of carbonyl (C=O) groups is 2. The van der Waals surface area contributed by atoms with Crippen molar-refractivity contribution in [1.29, 1.82) is 0 Å². The molecule has 2 aliphatic heterocycles. The largest absolute Gasteiger partial charge is 0.316 e. The Balaban J connectivity index is 1.89. The van der Waals surface area contributed by atoms with Gasteiger partial charge in [0.05, 0.1) is 12.1 Å². The Morgan fingerprint density at radius 1 is 1.39 bits per heavy atom. The summed E-state index contributed by atoms with van der Waals surface area (Å²) < 4.78 is 0. The van der Waals surface area contributed by atoms with E-state index in [0.717, 1.165) is 26.1 Å². The zero-order valence-electron chi connectivity index (χ0n) is 11.3. The lowest BCUT2D eigenvalue weighted by molar-refractivity contribution is -0.145. The molecule has 5 nitrogen and oxygen atoms in total. The van der Waals surface area contributed by atoms with Crippen LogP contribution >= 0.6 is 0 Å². The van der Waals surface area contributed by atoms with E-state index in [4.69, 9.17) is 0 Å².